The normalized spacial score (nSPS) is 13.1. The van der Waals surface area contributed by atoms with Crippen molar-refractivity contribution in [3.63, 3.8) is 0 Å². The maximum absolute atomic E-state index is 6.79. The highest BCUT2D eigenvalue weighted by atomic mass is 35.5. The highest BCUT2D eigenvalue weighted by molar-refractivity contribution is 6.30. The Balaban J connectivity index is 1.62. The third kappa shape index (κ3) is 6.13. The second-order valence-corrected chi connectivity index (χ2v) is 9.77. The van der Waals surface area contributed by atoms with Crippen LogP contribution < -0.4 is 9.47 Å². The molecule has 6 heteroatoms. The third-order valence-corrected chi connectivity index (χ3v) is 6.50. The molecule has 0 amide bonds. The Morgan fingerprint density at radius 2 is 1.79 bits per heavy atom. The number of nitrogens with zero attached hydrogens (tertiary/aromatic N) is 3. The molecule has 5 nitrogen and oxygen atoms in total. The molecular formula is C28H36ClN3O2. The molecule has 2 heterocycles. The Kier molecular flexibility index (Phi) is 8.52. The summed E-state index contributed by atoms with van der Waals surface area (Å²) in [5.41, 5.74) is 3.41. The number of imidazole rings is 1. The summed E-state index contributed by atoms with van der Waals surface area (Å²) in [6, 6.07) is 16.6. The number of benzene rings is 2. The van der Waals surface area contributed by atoms with E-state index in [9.17, 15) is 0 Å². The van der Waals surface area contributed by atoms with Crippen LogP contribution >= 0.6 is 11.6 Å². The van der Waals surface area contributed by atoms with Gasteiger partial charge in [0.15, 0.2) is 16.7 Å². The van der Waals surface area contributed by atoms with Crippen LogP contribution in [0.4, 0.5) is 0 Å². The molecule has 0 unspecified atom stereocenters. The van der Waals surface area contributed by atoms with Gasteiger partial charge < -0.3 is 14.0 Å². The van der Waals surface area contributed by atoms with Gasteiger partial charge in [0, 0.05) is 25.2 Å². The molecule has 3 aromatic rings. The van der Waals surface area contributed by atoms with E-state index in [1.54, 1.807) is 0 Å². The van der Waals surface area contributed by atoms with Gasteiger partial charge in [-0.15, -0.1) is 0 Å². The Morgan fingerprint density at radius 1 is 1.03 bits per heavy atom. The van der Waals surface area contributed by atoms with Crippen LogP contribution in [0.15, 0.2) is 48.5 Å². The largest absolute Gasteiger partial charge is 0.486 e. The number of rotatable bonds is 11. The van der Waals surface area contributed by atoms with E-state index < -0.39 is 0 Å². The second kappa shape index (κ2) is 11.8. The van der Waals surface area contributed by atoms with E-state index in [1.165, 1.54) is 5.56 Å². The van der Waals surface area contributed by atoms with Crippen LogP contribution in [0.3, 0.4) is 0 Å². The van der Waals surface area contributed by atoms with Crippen molar-refractivity contribution in [2.45, 2.75) is 59.7 Å². The summed E-state index contributed by atoms with van der Waals surface area (Å²) in [5.74, 6) is 3.25. The predicted octanol–water partition coefficient (Wildman–Crippen LogP) is 6.82. The Bertz CT molecular complexity index is 1070. The summed E-state index contributed by atoms with van der Waals surface area (Å²) < 4.78 is 13.8. The van der Waals surface area contributed by atoms with E-state index in [2.05, 4.69) is 66.6 Å². The molecule has 0 aliphatic carbocycles. The summed E-state index contributed by atoms with van der Waals surface area (Å²) in [5, 5.41) is 0.603. The van der Waals surface area contributed by atoms with Gasteiger partial charge in [0.2, 0.25) is 0 Å². The molecule has 0 atom stereocenters. The van der Waals surface area contributed by atoms with Crippen LogP contribution in [0.25, 0.3) is 11.4 Å². The van der Waals surface area contributed by atoms with E-state index in [1.807, 2.05) is 12.1 Å². The quantitative estimate of drug-likeness (QED) is 0.301. The van der Waals surface area contributed by atoms with Crippen LogP contribution in [-0.4, -0.2) is 34.2 Å². The molecule has 0 saturated carbocycles. The van der Waals surface area contributed by atoms with Crippen molar-refractivity contribution in [1.82, 2.24) is 14.5 Å². The molecule has 1 aliphatic rings. The summed E-state index contributed by atoms with van der Waals surface area (Å²) in [7, 11) is 0. The summed E-state index contributed by atoms with van der Waals surface area (Å²) in [6.07, 6.45) is 3.34. The number of fused-ring (bicyclic) bond motifs is 1. The van der Waals surface area contributed by atoms with Crippen LogP contribution in [0.2, 0.25) is 5.15 Å². The number of ether oxygens (including phenoxy) is 2. The lowest BCUT2D eigenvalue weighted by Gasteiger charge is -2.25. The maximum Gasteiger partial charge on any atom is 0.161 e. The van der Waals surface area contributed by atoms with E-state index >= 15 is 0 Å². The Labute approximate surface area is 208 Å². The second-order valence-electron chi connectivity index (χ2n) is 9.42. The van der Waals surface area contributed by atoms with Crippen LogP contribution in [0, 0.1) is 5.92 Å². The smallest absolute Gasteiger partial charge is 0.161 e. The SMILES string of the molecule is CCCCn1c(-c2ccccc2)nc(Cl)c1CN(CCC(C)C)Cc1ccc2c(c1)OCCO2. The highest BCUT2D eigenvalue weighted by Crippen LogP contribution is 2.32. The van der Waals surface area contributed by atoms with Crippen molar-refractivity contribution in [3.8, 4) is 22.9 Å². The summed E-state index contributed by atoms with van der Waals surface area (Å²) in [6.45, 7) is 11.4. The van der Waals surface area contributed by atoms with Gasteiger partial charge in [-0.25, -0.2) is 4.98 Å². The van der Waals surface area contributed by atoms with E-state index in [0.29, 0.717) is 24.3 Å². The molecule has 0 spiro atoms. The van der Waals surface area contributed by atoms with Crippen molar-refractivity contribution in [2.24, 2.45) is 5.92 Å². The van der Waals surface area contributed by atoms with Crippen LogP contribution in [-0.2, 0) is 19.6 Å². The Hall–Kier alpha value is -2.50. The van der Waals surface area contributed by atoms with E-state index in [0.717, 1.165) is 74.0 Å². The van der Waals surface area contributed by atoms with Crippen LogP contribution in [0.5, 0.6) is 11.5 Å². The lowest BCUT2D eigenvalue weighted by Crippen LogP contribution is -2.27. The molecule has 34 heavy (non-hydrogen) atoms. The number of unbranched alkanes of at least 4 members (excludes halogenated alkanes) is 1. The molecule has 2 aromatic carbocycles. The highest BCUT2D eigenvalue weighted by Gasteiger charge is 2.21. The fourth-order valence-electron chi connectivity index (χ4n) is 4.28. The molecule has 182 valence electrons. The van der Waals surface area contributed by atoms with Crippen LogP contribution in [0.1, 0.15) is 51.3 Å². The molecule has 4 rings (SSSR count). The molecule has 0 saturated heterocycles. The number of aromatic nitrogens is 2. The molecule has 0 N–H and O–H groups in total. The van der Waals surface area contributed by atoms with Gasteiger partial charge in [-0.1, -0.05) is 75.2 Å². The van der Waals surface area contributed by atoms with Gasteiger partial charge in [-0.2, -0.15) is 0 Å². The average molecular weight is 482 g/mol. The van der Waals surface area contributed by atoms with Crippen molar-refractivity contribution in [2.75, 3.05) is 19.8 Å². The zero-order valence-corrected chi connectivity index (χ0v) is 21.4. The maximum atomic E-state index is 6.79. The molecule has 0 radical (unpaired) electrons. The minimum atomic E-state index is 0.599. The number of hydrogen-bond donors (Lipinski definition) is 0. The first-order valence-corrected chi connectivity index (χ1v) is 12.8. The molecule has 1 aromatic heterocycles. The van der Waals surface area contributed by atoms with Gasteiger partial charge in [0.1, 0.15) is 19.0 Å². The minimum absolute atomic E-state index is 0.599. The summed E-state index contributed by atoms with van der Waals surface area (Å²) >= 11 is 6.79. The first-order chi connectivity index (χ1) is 16.5. The Morgan fingerprint density at radius 3 is 2.53 bits per heavy atom. The van der Waals surface area contributed by atoms with Gasteiger partial charge in [-0.3, -0.25) is 4.90 Å². The topological polar surface area (TPSA) is 39.5 Å². The lowest BCUT2D eigenvalue weighted by atomic mass is 10.1. The fourth-order valence-corrected chi connectivity index (χ4v) is 4.53. The number of halogens is 1. The molecular weight excluding hydrogens is 446 g/mol. The van der Waals surface area contributed by atoms with Gasteiger partial charge in [0.25, 0.3) is 0 Å². The first kappa shape index (κ1) is 24.6. The zero-order chi connectivity index (χ0) is 23.9. The zero-order valence-electron chi connectivity index (χ0n) is 20.6. The minimum Gasteiger partial charge on any atom is -0.486 e. The molecule has 1 aliphatic heterocycles. The monoisotopic (exact) mass is 481 g/mol. The van der Waals surface area contributed by atoms with Gasteiger partial charge in [-0.05, 0) is 43.0 Å². The van der Waals surface area contributed by atoms with Gasteiger partial charge in [0.05, 0.1) is 5.69 Å². The lowest BCUT2D eigenvalue weighted by molar-refractivity contribution is 0.170. The molecule has 0 bridgehead atoms. The predicted molar refractivity (Wildman–Crippen MR) is 139 cm³/mol. The van der Waals surface area contributed by atoms with Gasteiger partial charge >= 0.3 is 0 Å². The number of hydrogen-bond acceptors (Lipinski definition) is 4. The molecule has 0 fully saturated rings. The fraction of sp³-hybridized carbons (Fsp3) is 0.464. The van der Waals surface area contributed by atoms with Crippen molar-refractivity contribution in [3.05, 3.63) is 64.9 Å². The van der Waals surface area contributed by atoms with Crippen molar-refractivity contribution in [1.29, 1.82) is 0 Å². The first-order valence-electron chi connectivity index (χ1n) is 12.5. The third-order valence-electron chi connectivity index (χ3n) is 6.20. The average Bonchev–Trinajstić information content (AvgIpc) is 3.16. The van der Waals surface area contributed by atoms with Crippen molar-refractivity contribution < 1.29 is 9.47 Å². The van der Waals surface area contributed by atoms with E-state index in [-0.39, 0.29) is 0 Å². The summed E-state index contributed by atoms with van der Waals surface area (Å²) in [4.78, 5) is 7.29. The standard InChI is InChI=1S/C28H36ClN3O2/c1-4-5-14-32-24(27(29)30-28(32)23-9-7-6-8-10-23)20-31(15-13-21(2)3)19-22-11-12-25-26(18-22)34-17-16-33-25/h6-12,18,21H,4-5,13-17,19-20H2,1-3H3. The van der Waals surface area contributed by atoms with Crippen molar-refractivity contribution >= 4 is 11.6 Å². The van der Waals surface area contributed by atoms with E-state index in [4.69, 9.17) is 26.1 Å².